The Labute approximate surface area is 171 Å². The van der Waals surface area contributed by atoms with Gasteiger partial charge in [-0.05, 0) is 73.3 Å². The molecule has 0 aliphatic carbocycles. The van der Waals surface area contributed by atoms with Crippen LogP contribution in [0.15, 0.2) is 39.9 Å². The number of hydrogen-bond acceptors (Lipinski definition) is 5. The highest BCUT2D eigenvalue weighted by atomic mass is 16.5. The molecule has 0 bridgehead atoms. The van der Waals surface area contributed by atoms with Crippen LogP contribution < -0.4 is 5.32 Å². The highest BCUT2D eigenvalue weighted by Gasteiger charge is 2.37. The van der Waals surface area contributed by atoms with Crippen molar-refractivity contribution < 1.29 is 14.9 Å². The van der Waals surface area contributed by atoms with Crippen molar-refractivity contribution in [2.75, 3.05) is 6.54 Å². The van der Waals surface area contributed by atoms with Crippen molar-refractivity contribution in [1.82, 2.24) is 5.32 Å². The third-order valence-corrected chi connectivity index (χ3v) is 4.84. The Morgan fingerprint density at radius 3 is 2.25 bits per heavy atom. The van der Waals surface area contributed by atoms with E-state index in [1.807, 2.05) is 13.0 Å². The van der Waals surface area contributed by atoms with Gasteiger partial charge in [0, 0.05) is 12.3 Å². The van der Waals surface area contributed by atoms with E-state index >= 15 is 0 Å². The zero-order valence-corrected chi connectivity index (χ0v) is 18.5. The number of rotatable bonds is 13. The van der Waals surface area contributed by atoms with Crippen LogP contribution in [-0.4, -0.2) is 53.6 Å². The molecule has 0 radical (unpaired) electrons. The Morgan fingerprint density at radius 2 is 1.68 bits per heavy atom. The van der Waals surface area contributed by atoms with Gasteiger partial charge in [0.15, 0.2) is 0 Å². The summed E-state index contributed by atoms with van der Waals surface area (Å²) < 4.78 is 5.77. The molecule has 0 aromatic rings. The summed E-state index contributed by atoms with van der Waals surface area (Å²) in [5.74, 6) is 0. The molecule has 0 saturated carbocycles. The van der Waals surface area contributed by atoms with Gasteiger partial charge >= 0.3 is 0 Å². The molecule has 1 fully saturated rings. The van der Waals surface area contributed by atoms with Crippen LogP contribution in [0.25, 0.3) is 0 Å². The van der Waals surface area contributed by atoms with E-state index in [0.717, 1.165) is 25.7 Å². The first-order valence-corrected chi connectivity index (χ1v) is 10.4. The maximum atomic E-state index is 10.1. The maximum absolute atomic E-state index is 10.1. The quantitative estimate of drug-likeness (QED) is 0.252. The second-order valence-electron chi connectivity index (χ2n) is 8.22. The molecular weight excluding hydrogens is 352 g/mol. The fraction of sp³-hybridized carbons (Fsp3) is 0.696. The molecule has 1 rings (SSSR count). The van der Waals surface area contributed by atoms with Gasteiger partial charge in [0.1, 0.15) is 18.4 Å². The number of aliphatic hydroxyl groups excluding tert-OH is 2. The third kappa shape index (κ3) is 10.9. The van der Waals surface area contributed by atoms with E-state index in [2.05, 4.69) is 50.2 Å². The molecule has 0 spiro atoms. The van der Waals surface area contributed by atoms with Crippen molar-refractivity contribution in [3.63, 3.8) is 0 Å². The molecule has 1 saturated heterocycles. The molecule has 28 heavy (non-hydrogen) atoms. The molecule has 0 aromatic heterocycles. The van der Waals surface area contributed by atoms with Crippen molar-refractivity contribution in [3.8, 4) is 0 Å². The minimum Gasteiger partial charge on any atom is -0.391 e. The summed E-state index contributed by atoms with van der Waals surface area (Å²) in [6.07, 6.45) is 10.3. The molecule has 3 N–H and O–H groups in total. The Hall–Kier alpha value is -1.27. The van der Waals surface area contributed by atoms with E-state index in [-0.39, 0.29) is 12.3 Å². The van der Waals surface area contributed by atoms with Crippen LogP contribution in [0.4, 0.5) is 0 Å². The van der Waals surface area contributed by atoms with Crippen LogP contribution in [0, 0.1) is 0 Å². The second-order valence-corrected chi connectivity index (χ2v) is 8.22. The van der Waals surface area contributed by atoms with Gasteiger partial charge in [-0.25, -0.2) is 0 Å². The van der Waals surface area contributed by atoms with Gasteiger partial charge in [-0.2, -0.15) is 0 Å². The van der Waals surface area contributed by atoms with Gasteiger partial charge in [-0.3, -0.25) is 10.3 Å². The van der Waals surface area contributed by atoms with Gasteiger partial charge in [0.2, 0.25) is 0 Å². The number of nitrogens with one attached hydrogen (secondary N) is 1. The van der Waals surface area contributed by atoms with Crippen molar-refractivity contribution in [1.29, 1.82) is 0 Å². The average molecular weight is 393 g/mol. The molecule has 5 atom stereocenters. The monoisotopic (exact) mass is 392 g/mol. The van der Waals surface area contributed by atoms with Gasteiger partial charge in [-0.15, -0.1) is 0 Å². The largest absolute Gasteiger partial charge is 0.391 e. The maximum Gasteiger partial charge on any atom is 0.124 e. The first kappa shape index (κ1) is 24.8. The van der Waals surface area contributed by atoms with Crippen LogP contribution in [-0.2, 0) is 4.74 Å². The smallest absolute Gasteiger partial charge is 0.124 e. The van der Waals surface area contributed by atoms with E-state index in [4.69, 9.17) is 4.74 Å². The fourth-order valence-electron chi connectivity index (χ4n) is 2.76. The molecule has 160 valence electrons. The van der Waals surface area contributed by atoms with Crippen LogP contribution in [0.5, 0.6) is 0 Å². The van der Waals surface area contributed by atoms with E-state index in [1.54, 1.807) is 13.1 Å². The van der Waals surface area contributed by atoms with E-state index in [0.29, 0.717) is 6.54 Å². The highest BCUT2D eigenvalue weighted by Crippen LogP contribution is 2.17. The number of aliphatic imine (C=N–C) groups is 1. The standard InChI is InChI=1S/C23H40N2O3/c1-16(2)9-7-10-17(3)11-8-12-18(4)13-14-24-15-21(22(27)20(6)26)28-23-19(5)25-23/h9,11,13-14,19-23,25-27H,7-8,10,12,15H2,1-6H3/b17-11+,18-13+,24-14?. The SMILES string of the molecule is CC(C)=CCC/C(C)=C/CC/C(C)=C/C=NCC(OC1NC1C)C(O)C(C)O. The zero-order valence-electron chi connectivity index (χ0n) is 18.5. The number of allylic oxidation sites excluding steroid dienone is 6. The Morgan fingerprint density at radius 1 is 1.07 bits per heavy atom. The van der Waals surface area contributed by atoms with E-state index in [1.165, 1.54) is 16.7 Å². The minimum atomic E-state index is -0.948. The molecule has 0 amide bonds. The lowest BCUT2D eigenvalue weighted by Gasteiger charge is -2.23. The molecular formula is C23H40N2O3. The van der Waals surface area contributed by atoms with Gasteiger partial charge in [0.25, 0.3) is 0 Å². The Kier molecular flexibility index (Phi) is 11.5. The second kappa shape index (κ2) is 13.0. The number of ether oxygens (including phenoxy) is 1. The predicted octanol–water partition coefficient (Wildman–Crippen LogP) is 3.92. The van der Waals surface area contributed by atoms with Crippen molar-refractivity contribution in [2.45, 2.75) is 97.8 Å². The summed E-state index contributed by atoms with van der Waals surface area (Å²) >= 11 is 0. The summed E-state index contributed by atoms with van der Waals surface area (Å²) in [5, 5.41) is 22.9. The summed E-state index contributed by atoms with van der Waals surface area (Å²) in [6, 6.07) is 0.286. The Balaban J connectivity index is 2.38. The summed E-state index contributed by atoms with van der Waals surface area (Å²) in [4.78, 5) is 4.37. The van der Waals surface area contributed by atoms with Crippen LogP contribution in [0.2, 0.25) is 0 Å². The predicted molar refractivity (Wildman–Crippen MR) is 118 cm³/mol. The topological polar surface area (TPSA) is 84.0 Å². The Bertz CT molecular complexity index is 574. The zero-order chi connectivity index (χ0) is 21.1. The molecule has 5 nitrogen and oxygen atoms in total. The third-order valence-electron chi connectivity index (χ3n) is 4.84. The van der Waals surface area contributed by atoms with Crippen LogP contribution in [0.3, 0.4) is 0 Å². The van der Waals surface area contributed by atoms with E-state index in [9.17, 15) is 10.2 Å². The van der Waals surface area contributed by atoms with Gasteiger partial charge in [0.05, 0.1) is 12.6 Å². The number of nitrogens with zero attached hydrogens (tertiary/aromatic N) is 1. The van der Waals surface area contributed by atoms with Crippen LogP contribution in [0.1, 0.15) is 67.2 Å². The minimum absolute atomic E-state index is 0.0577. The number of aliphatic hydroxyl groups is 2. The first-order valence-electron chi connectivity index (χ1n) is 10.4. The molecule has 1 heterocycles. The summed E-state index contributed by atoms with van der Waals surface area (Å²) in [5.41, 5.74) is 4.08. The number of hydrogen-bond donors (Lipinski definition) is 3. The highest BCUT2D eigenvalue weighted by molar-refractivity contribution is 5.72. The lowest BCUT2D eigenvalue weighted by molar-refractivity contribution is -0.0876. The molecule has 5 unspecified atom stereocenters. The summed E-state index contributed by atoms with van der Waals surface area (Å²) in [6.45, 7) is 12.5. The lowest BCUT2D eigenvalue weighted by Crippen LogP contribution is -2.40. The lowest BCUT2D eigenvalue weighted by atomic mass is 10.1. The van der Waals surface area contributed by atoms with Gasteiger partial charge in [-0.1, -0.05) is 28.9 Å². The fourth-order valence-corrected chi connectivity index (χ4v) is 2.76. The van der Waals surface area contributed by atoms with Gasteiger partial charge < -0.3 is 14.9 Å². The summed E-state index contributed by atoms with van der Waals surface area (Å²) in [7, 11) is 0. The first-order chi connectivity index (χ1) is 13.2. The van der Waals surface area contributed by atoms with Crippen molar-refractivity contribution >= 4 is 6.21 Å². The molecule has 5 heteroatoms. The normalized spacial score (nSPS) is 23.6. The van der Waals surface area contributed by atoms with Crippen molar-refractivity contribution in [3.05, 3.63) is 34.9 Å². The molecule has 1 aliphatic heterocycles. The molecule has 1 aliphatic rings. The molecule has 0 aromatic carbocycles. The van der Waals surface area contributed by atoms with Crippen LogP contribution >= 0.6 is 0 Å². The van der Waals surface area contributed by atoms with Crippen molar-refractivity contribution in [2.24, 2.45) is 4.99 Å². The van der Waals surface area contributed by atoms with E-state index < -0.39 is 18.3 Å². The average Bonchev–Trinajstić information content (AvgIpc) is 3.31.